The van der Waals surface area contributed by atoms with Gasteiger partial charge < -0.3 is 4.74 Å². The summed E-state index contributed by atoms with van der Waals surface area (Å²) in [6, 6.07) is 7.34. The smallest absolute Gasteiger partial charge is 0.312 e. The minimum absolute atomic E-state index is 0.00720. The molecule has 0 spiro atoms. The number of nitrogens with zero attached hydrogens (tertiary/aromatic N) is 1. The zero-order valence-electron chi connectivity index (χ0n) is 10.9. The Morgan fingerprint density at radius 2 is 2.05 bits per heavy atom. The summed E-state index contributed by atoms with van der Waals surface area (Å²) in [6.07, 6.45) is 0. The normalized spacial score (nSPS) is 10.5. The molecule has 0 saturated carbocycles. The number of ether oxygens (including phenoxy) is 1. The average Bonchev–Trinajstić information content (AvgIpc) is 2.44. The monoisotopic (exact) mass is 373 g/mol. The van der Waals surface area contributed by atoms with Crippen molar-refractivity contribution in [3.05, 3.63) is 61.9 Å². The Bertz CT molecular complexity index is 709. The molecule has 21 heavy (non-hydrogen) atoms. The maximum Gasteiger partial charge on any atom is 0.312 e. The molecule has 4 nitrogen and oxygen atoms in total. The van der Waals surface area contributed by atoms with E-state index in [1.165, 1.54) is 0 Å². The second kappa shape index (κ2) is 6.41. The zero-order valence-corrected chi connectivity index (χ0v) is 13.2. The first-order valence-corrected chi connectivity index (χ1v) is 7.22. The number of halogens is 3. The lowest BCUT2D eigenvalue weighted by Crippen LogP contribution is -1.96. The van der Waals surface area contributed by atoms with Gasteiger partial charge in [-0.05, 0) is 40.0 Å². The van der Waals surface area contributed by atoms with Crippen LogP contribution in [0.2, 0.25) is 0 Å². The Balaban J connectivity index is 2.48. The standard InChI is InChI=1S/C14H10BrClFNO3/c1-8-2-3-9(7-16)4-13(8)21-14-6-11(17)10(15)5-12(14)18(19)20/h2-6H,7H2,1H3. The summed E-state index contributed by atoms with van der Waals surface area (Å²) < 4.78 is 19.1. The first kappa shape index (κ1) is 15.7. The quantitative estimate of drug-likeness (QED) is 0.412. The van der Waals surface area contributed by atoms with Crippen molar-refractivity contribution in [3.8, 4) is 11.5 Å². The number of aryl methyl sites for hydroxylation is 1. The topological polar surface area (TPSA) is 52.4 Å². The summed E-state index contributed by atoms with van der Waals surface area (Å²) in [5.41, 5.74) is 1.25. The molecule has 0 fully saturated rings. The van der Waals surface area contributed by atoms with Gasteiger partial charge in [-0.2, -0.15) is 0 Å². The molecule has 7 heteroatoms. The van der Waals surface area contributed by atoms with Gasteiger partial charge >= 0.3 is 5.69 Å². The molecule has 0 amide bonds. The number of hydrogen-bond acceptors (Lipinski definition) is 3. The van der Waals surface area contributed by atoms with Crippen molar-refractivity contribution in [1.29, 1.82) is 0 Å². The largest absolute Gasteiger partial charge is 0.450 e. The molecule has 0 heterocycles. The lowest BCUT2D eigenvalue weighted by atomic mass is 10.1. The lowest BCUT2D eigenvalue weighted by molar-refractivity contribution is -0.385. The molecule has 0 atom stereocenters. The van der Waals surface area contributed by atoms with E-state index in [4.69, 9.17) is 16.3 Å². The molecule has 0 bridgehead atoms. The third kappa shape index (κ3) is 3.51. The molecule has 2 aromatic rings. The van der Waals surface area contributed by atoms with Gasteiger partial charge in [-0.1, -0.05) is 12.1 Å². The van der Waals surface area contributed by atoms with Gasteiger partial charge in [0.1, 0.15) is 11.6 Å². The highest BCUT2D eigenvalue weighted by Crippen LogP contribution is 2.36. The Labute approximate surface area is 133 Å². The second-order valence-electron chi connectivity index (χ2n) is 4.33. The molecule has 0 aromatic heterocycles. The van der Waals surface area contributed by atoms with E-state index in [9.17, 15) is 14.5 Å². The number of benzene rings is 2. The molecular weight excluding hydrogens is 365 g/mol. The van der Waals surface area contributed by atoms with Gasteiger partial charge in [-0.25, -0.2) is 4.39 Å². The van der Waals surface area contributed by atoms with Crippen LogP contribution in [0, 0.1) is 22.9 Å². The van der Waals surface area contributed by atoms with E-state index in [0.717, 1.165) is 23.3 Å². The van der Waals surface area contributed by atoms with Crippen molar-refractivity contribution in [2.75, 3.05) is 0 Å². The van der Waals surface area contributed by atoms with E-state index >= 15 is 0 Å². The highest BCUT2D eigenvalue weighted by molar-refractivity contribution is 9.10. The minimum Gasteiger partial charge on any atom is -0.450 e. The molecule has 0 aliphatic carbocycles. The third-order valence-corrected chi connectivity index (χ3v) is 3.74. The van der Waals surface area contributed by atoms with Crippen molar-refractivity contribution in [2.45, 2.75) is 12.8 Å². The lowest BCUT2D eigenvalue weighted by Gasteiger charge is -2.11. The Hall–Kier alpha value is -1.66. The summed E-state index contributed by atoms with van der Waals surface area (Å²) >= 11 is 8.67. The maximum absolute atomic E-state index is 13.6. The first-order chi connectivity index (χ1) is 9.92. The van der Waals surface area contributed by atoms with Gasteiger partial charge in [0.2, 0.25) is 5.75 Å². The van der Waals surface area contributed by atoms with Crippen LogP contribution in [0.15, 0.2) is 34.8 Å². The van der Waals surface area contributed by atoms with Crippen LogP contribution >= 0.6 is 27.5 Å². The second-order valence-corrected chi connectivity index (χ2v) is 5.45. The number of alkyl halides is 1. The third-order valence-electron chi connectivity index (χ3n) is 2.83. The Morgan fingerprint density at radius 3 is 2.67 bits per heavy atom. The maximum atomic E-state index is 13.6. The van der Waals surface area contributed by atoms with Crippen LogP contribution in [0.3, 0.4) is 0 Å². The fourth-order valence-electron chi connectivity index (χ4n) is 1.70. The number of nitro benzene ring substituents is 1. The van der Waals surface area contributed by atoms with Crippen molar-refractivity contribution >= 4 is 33.2 Å². The molecule has 2 aromatic carbocycles. The van der Waals surface area contributed by atoms with E-state index in [-0.39, 0.29) is 21.8 Å². The average molecular weight is 375 g/mol. The van der Waals surface area contributed by atoms with Crippen LogP contribution in [-0.2, 0) is 5.88 Å². The van der Waals surface area contributed by atoms with E-state index < -0.39 is 10.7 Å². The summed E-state index contributed by atoms with van der Waals surface area (Å²) in [5.74, 6) is -0.108. The van der Waals surface area contributed by atoms with Crippen molar-refractivity contribution in [1.82, 2.24) is 0 Å². The summed E-state index contributed by atoms with van der Waals surface area (Å²) in [7, 11) is 0. The predicted octanol–water partition coefficient (Wildman–Crippen LogP) is 5.34. The van der Waals surface area contributed by atoms with Crippen molar-refractivity contribution in [3.63, 3.8) is 0 Å². The summed E-state index contributed by atoms with van der Waals surface area (Å²) in [6.45, 7) is 1.79. The Kier molecular flexibility index (Phi) is 4.80. The fraction of sp³-hybridized carbons (Fsp3) is 0.143. The first-order valence-electron chi connectivity index (χ1n) is 5.89. The molecule has 0 radical (unpaired) electrons. The number of hydrogen-bond donors (Lipinski definition) is 0. The van der Waals surface area contributed by atoms with Crippen LogP contribution in [0.5, 0.6) is 11.5 Å². The molecule has 2 rings (SSSR count). The van der Waals surface area contributed by atoms with Gasteiger partial charge in [-0.15, -0.1) is 11.6 Å². The van der Waals surface area contributed by atoms with Crippen LogP contribution in [0.4, 0.5) is 10.1 Å². The molecule has 0 aliphatic heterocycles. The van der Waals surface area contributed by atoms with E-state index in [1.54, 1.807) is 19.1 Å². The van der Waals surface area contributed by atoms with Crippen LogP contribution in [0.1, 0.15) is 11.1 Å². The molecule has 110 valence electrons. The molecular formula is C14H10BrClFNO3. The van der Waals surface area contributed by atoms with Crippen LogP contribution < -0.4 is 4.74 Å². The number of nitro groups is 1. The van der Waals surface area contributed by atoms with Gasteiger partial charge in [0, 0.05) is 18.0 Å². The molecule has 0 saturated heterocycles. The summed E-state index contributed by atoms with van der Waals surface area (Å²) in [5, 5.41) is 11.0. The zero-order chi connectivity index (χ0) is 15.6. The molecule has 0 unspecified atom stereocenters. The van der Waals surface area contributed by atoms with Gasteiger partial charge in [0.25, 0.3) is 0 Å². The van der Waals surface area contributed by atoms with Crippen molar-refractivity contribution < 1.29 is 14.1 Å². The molecule has 0 N–H and O–H groups in total. The van der Waals surface area contributed by atoms with Crippen molar-refractivity contribution in [2.24, 2.45) is 0 Å². The molecule has 0 aliphatic rings. The van der Waals surface area contributed by atoms with Crippen LogP contribution in [-0.4, -0.2) is 4.92 Å². The fourth-order valence-corrected chi connectivity index (χ4v) is 2.20. The van der Waals surface area contributed by atoms with E-state index in [1.807, 2.05) is 6.07 Å². The summed E-state index contributed by atoms with van der Waals surface area (Å²) in [4.78, 5) is 10.4. The van der Waals surface area contributed by atoms with E-state index in [2.05, 4.69) is 15.9 Å². The Morgan fingerprint density at radius 1 is 1.33 bits per heavy atom. The SMILES string of the molecule is Cc1ccc(CCl)cc1Oc1cc(F)c(Br)cc1[N+](=O)[O-]. The van der Waals surface area contributed by atoms with Crippen LogP contribution in [0.25, 0.3) is 0 Å². The van der Waals surface area contributed by atoms with Gasteiger partial charge in [-0.3, -0.25) is 10.1 Å². The number of rotatable bonds is 4. The highest BCUT2D eigenvalue weighted by atomic mass is 79.9. The highest BCUT2D eigenvalue weighted by Gasteiger charge is 2.20. The predicted molar refractivity (Wildman–Crippen MR) is 81.6 cm³/mol. The van der Waals surface area contributed by atoms with E-state index in [0.29, 0.717) is 5.75 Å². The van der Waals surface area contributed by atoms with Gasteiger partial charge in [0.05, 0.1) is 9.40 Å². The van der Waals surface area contributed by atoms with Gasteiger partial charge in [0.15, 0.2) is 0 Å². The minimum atomic E-state index is -0.637.